The van der Waals surface area contributed by atoms with Gasteiger partial charge < -0.3 is 19.2 Å². The van der Waals surface area contributed by atoms with Crippen molar-refractivity contribution >= 4 is 16.9 Å². The van der Waals surface area contributed by atoms with Crippen LogP contribution in [0.25, 0.3) is 11.0 Å². The number of unbranched alkanes of at least 4 members (excludes halogenated alkanes) is 1. The quantitative estimate of drug-likeness (QED) is 0.612. The van der Waals surface area contributed by atoms with Crippen LogP contribution in [0, 0.1) is 13.8 Å². The fourth-order valence-corrected chi connectivity index (χ4v) is 3.76. The molecule has 0 saturated heterocycles. The number of carbonyl (C=O) groups excluding carboxylic acids is 1. The largest absolute Gasteiger partial charge is 0.493 e. The number of rotatable bonds is 6. The third-order valence-corrected chi connectivity index (χ3v) is 5.66. The maximum atomic E-state index is 13.3. The van der Waals surface area contributed by atoms with Crippen LogP contribution in [-0.2, 0) is 0 Å². The Kier molecular flexibility index (Phi) is 5.24. The number of ether oxygens (including phenoxy) is 2. The van der Waals surface area contributed by atoms with Crippen LogP contribution in [0.3, 0.4) is 0 Å². The molecule has 0 saturated carbocycles. The third-order valence-electron chi connectivity index (χ3n) is 5.66. The molecule has 1 aliphatic rings. The highest BCUT2D eigenvalue weighted by atomic mass is 16.5. The molecule has 1 unspecified atom stereocenters. The Balaban J connectivity index is 1.80. The Morgan fingerprint density at radius 3 is 2.63 bits per heavy atom. The van der Waals surface area contributed by atoms with Crippen molar-refractivity contribution in [2.75, 3.05) is 13.7 Å². The van der Waals surface area contributed by atoms with Gasteiger partial charge in [0.25, 0.3) is 5.91 Å². The first-order valence-corrected chi connectivity index (χ1v) is 10.1. The van der Waals surface area contributed by atoms with Crippen molar-refractivity contribution in [3.8, 4) is 11.5 Å². The van der Waals surface area contributed by atoms with Crippen LogP contribution in [0.2, 0.25) is 0 Å². The van der Waals surface area contributed by atoms with Gasteiger partial charge in [0.05, 0.1) is 30.7 Å². The normalized spacial score (nSPS) is 15.2. The number of nitrogens with one attached hydrogen (secondary N) is 1. The molecule has 4 rings (SSSR count). The number of amides is 1. The van der Waals surface area contributed by atoms with E-state index in [2.05, 4.69) is 12.2 Å². The molecule has 3 aromatic rings. The summed E-state index contributed by atoms with van der Waals surface area (Å²) >= 11 is 0. The summed E-state index contributed by atoms with van der Waals surface area (Å²) in [5.74, 6) is 0.879. The minimum absolute atomic E-state index is 0.0773. The van der Waals surface area contributed by atoms with Crippen LogP contribution in [-0.4, -0.2) is 19.6 Å². The van der Waals surface area contributed by atoms with E-state index in [1.165, 1.54) is 0 Å². The van der Waals surface area contributed by atoms with Gasteiger partial charge in [0.2, 0.25) is 5.76 Å². The second-order valence-corrected chi connectivity index (χ2v) is 7.58. The predicted molar refractivity (Wildman–Crippen MR) is 115 cm³/mol. The SMILES string of the molecule is CCCCOc1ccc(C2NC(=O)c3oc4c(C)c(C)ccc4c(=O)c32)cc1OC. The molecule has 1 aromatic heterocycles. The highest BCUT2D eigenvalue weighted by Crippen LogP contribution is 2.36. The van der Waals surface area contributed by atoms with Crippen molar-refractivity contribution in [3.63, 3.8) is 0 Å². The second kappa shape index (κ2) is 7.86. The maximum Gasteiger partial charge on any atom is 0.288 e. The summed E-state index contributed by atoms with van der Waals surface area (Å²) in [6.07, 6.45) is 1.98. The van der Waals surface area contributed by atoms with Crippen LogP contribution in [0.4, 0.5) is 0 Å². The smallest absolute Gasteiger partial charge is 0.288 e. The summed E-state index contributed by atoms with van der Waals surface area (Å²) in [5, 5.41) is 3.36. The molecule has 156 valence electrons. The number of aryl methyl sites for hydroxylation is 2. The van der Waals surface area contributed by atoms with Crippen molar-refractivity contribution in [2.24, 2.45) is 0 Å². The summed E-state index contributed by atoms with van der Waals surface area (Å²) < 4.78 is 17.2. The molecule has 1 N–H and O–H groups in total. The molecule has 2 aromatic carbocycles. The van der Waals surface area contributed by atoms with Crippen LogP contribution in [0.1, 0.15) is 58.6 Å². The van der Waals surface area contributed by atoms with Gasteiger partial charge in [0.15, 0.2) is 16.9 Å². The van der Waals surface area contributed by atoms with E-state index in [0.29, 0.717) is 34.6 Å². The predicted octanol–water partition coefficient (Wildman–Crippen LogP) is 4.43. The lowest BCUT2D eigenvalue weighted by molar-refractivity contribution is 0.0938. The van der Waals surface area contributed by atoms with Gasteiger partial charge in [0.1, 0.15) is 5.58 Å². The first-order chi connectivity index (χ1) is 14.5. The molecule has 1 amide bonds. The number of methoxy groups -OCH3 is 1. The van der Waals surface area contributed by atoms with Crippen molar-refractivity contribution in [1.82, 2.24) is 5.32 Å². The maximum absolute atomic E-state index is 13.3. The Hall–Kier alpha value is -3.28. The average molecular weight is 407 g/mol. The van der Waals surface area contributed by atoms with E-state index in [1.54, 1.807) is 19.2 Å². The van der Waals surface area contributed by atoms with Gasteiger partial charge in [0, 0.05) is 0 Å². The van der Waals surface area contributed by atoms with E-state index < -0.39 is 11.9 Å². The lowest BCUT2D eigenvalue weighted by Crippen LogP contribution is -2.22. The molecule has 0 bridgehead atoms. The highest BCUT2D eigenvalue weighted by Gasteiger charge is 2.36. The summed E-state index contributed by atoms with van der Waals surface area (Å²) in [6.45, 7) is 6.53. The van der Waals surface area contributed by atoms with E-state index in [1.807, 2.05) is 32.0 Å². The van der Waals surface area contributed by atoms with Crippen molar-refractivity contribution in [1.29, 1.82) is 0 Å². The highest BCUT2D eigenvalue weighted by molar-refractivity contribution is 5.99. The van der Waals surface area contributed by atoms with E-state index >= 15 is 0 Å². The Labute approximate surface area is 174 Å². The van der Waals surface area contributed by atoms with E-state index in [-0.39, 0.29) is 11.2 Å². The Morgan fingerprint density at radius 1 is 1.10 bits per heavy atom. The minimum atomic E-state index is -0.603. The van der Waals surface area contributed by atoms with Crippen LogP contribution in [0.5, 0.6) is 11.5 Å². The fourth-order valence-electron chi connectivity index (χ4n) is 3.76. The van der Waals surface area contributed by atoms with Crippen LogP contribution < -0.4 is 20.2 Å². The fraction of sp³-hybridized carbons (Fsp3) is 0.333. The number of benzene rings is 2. The van der Waals surface area contributed by atoms with Gasteiger partial charge in [-0.1, -0.05) is 25.5 Å². The minimum Gasteiger partial charge on any atom is -0.493 e. The van der Waals surface area contributed by atoms with E-state index in [0.717, 1.165) is 29.5 Å². The lowest BCUT2D eigenvalue weighted by atomic mass is 9.97. The zero-order chi connectivity index (χ0) is 21.4. The summed E-state index contributed by atoms with van der Waals surface area (Å²) in [4.78, 5) is 25.9. The average Bonchev–Trinajstić information content (AvgIpc) is 3.08. The van der Waals surface area contributed by atoms with Crippen molar-refractivity contribution in [3.05, 3.63) is 68.6 Å². The summed E-state index contributed by atoms with van der Waals surface area (Å²) in [7, 11) is 1.57. The second-order valence-electron chi connectivity index (χ2n) is 7.58. The first-order valence-electron chi connectivity index (χ1n) is 10.1. The standard InChI is InChI=1S/C24H25NO5/c1-5-6-11-29-17-10-8-15(12-18(17)28-4)20-19-21(26)16-9-7-13(2)14(3)22(16)30-23(19)24(27)25-20/h7-10,12,20H,5-6,11H2,1-4H3,(H,25,27). The molecule has 6 heteroatoms. The van der Waals surface area contributed by atoms with Gasteiger partial charge in [-0.15, -0.1) is 0 Å². The molecular formula is C24H25NO5. The zero-order valence-corrected chi connectivity index (χ0v) is 17.6. The lowest BCUT2D eigenvalue weighted by Gasteiger charge is -2.16. The Morgan fingerprint density at radius 2 is 1.90 bits per heavy atom. The molecule has 0 spiro atoms. The van der Waals surface area contributed by atoms with Crippen molar-refractivity contribution < 1.29 is 18.7 Å². The molecule has 30 heavy (non-hydrogen) atoms. The summed E-state index contributed by atoms with van der Waals surface area (Å²) in [6, 6.07) is 8.50. The number of hydrogen-bond donors (Lipinski definition) is 1. The molecule has 0 fully saturated rings. The molecule has 1 aliphatic heterocycles. The first kappa shape index (κ1) is 20.0. The van der Waals surface area contributed by atoms with Crippen molar-refractivity contribution in [2.45, 2.75) is 39.7 Å². The third kappa shape index (κ3) is 3.22. The van der Waals surface area contributed by atoms with E-state index in [4.69, 9.17) is 13.9 Å². The molecule has 6 nitrogen and oxygen atoms in total. The topological polar surface area (TPSA) is 77.8 Å². The van der Waals surface area contributed by atoms with Gasteiger partial charge in [-0.25, -0.2) is 0 Å². The molecule has 0 radical (unpaired) electrons. The Bertz CT molecular complexity index is 1190. The number of hydrogen-bond acceptors (Lipinski definition) is 5. The molecule has 1 atom stereocenters. The van der Waals surface area contributed by atoms with Crippen LogP contribution >= 0.6 is 0 Å². The molecule has 0 aliphatic carbocycles. The van der Waals surface area contributed by atoms with Crippen LogP contribution in [0.15, 0.2) is 39.5 Å². The van der Waals surface area contributed by atoms with Gasteiger partial charge in [-0.3, -0.25) is 9.59 Å². The van der Waals surface area contributed by atoms with Gasteiger partial charge in [-0.2, -0.15) is 0 Å². The molecular weight excluding hydrogens is 382 g/mol. The zero-order valence-electron chi connectivity index (χ0n) is 17.6. The van der Waals surface area contributed by atoms with E-state index in [9.17, 15) is 9.59 Å². The van der Waals surface area contributed by atoms with Gasteiger partial charge in [-0.05, 0) is 55.2 Å². The number of carbonyl (C=O) groups is 1. The monoisotopic (exact) mass is 407 g/mol. The summed E-state index contributed by atoms with van der Waals surface area (Å²) in [5.41, 5.74) is 3.20. The molecule has 2 heterocycles. The number of fused-ring (bicyclic) bond motifs is 2. The van der Waals surface area contributed by atoms with Gasteiger partial charge >= 0.3 is 0 Å².